The Morgan fingerprint density at radius 2 is 1.74 bits per heavy atom. The van der Waals surface area contributed by atoms with Crippen molar-refractivity contribution in [1.82, 2.24) is 0 Å². The van der Waals surface area contributed by atoms with Gasteiger partial charge in [0.25, 0.3) is 0 Å². The second-order valence-corrected chi connectivity index (χ2v) is 9.50. The van der Waals surface area contributed by atoms with Crippen LogP contribution in [0.3, 0.4) is 0 Å². The van der Waals surface area contributed by atoms with E-state index in [0.717, 1.165) is 31.6 Å². The zero-order valence-electron chi connectivity index (χ0n) is 14.7. The molecule has 2 heteroatoms. The Bertz CT molecular complexity index is 522. The van der Waals surface area contributed by atoms with E-state index in [0.29, 0.717) is 17.8 Å². The van der Waals surface area contributed by atoms with E-state index in [1.165, 1.54) is 25.7 Å². The van der Waals surface area contributed by atoms with Gasteiger partial charge in [0, 0.05) is 5.92 Å². The van der Waals surface area contributed by atoms with Gasteiger partial charge in [-0.05, 0) is 85.9 Å². The van der Waals surface area contributed by atoms with Gasteiger partial charge in [-0.2, -0.15) is 0 Å². The molecular formula is C21H32O2. The van der Waals surface area contributed by atoms with Crippen LogP contribution < -0.4 is 0 Å². The van der Waals surface area contributed by atoms with Crippen LogP contribution in [0.15, 0.2) is 0 Å². The topological polar surface area (TPSA) is 40.5 Å². The highest BCUT2D eigenvalue weighted by atomic mass is 16.3. The lowest BCUT2D eigenvalue weighted by Gasteiger charge is -2.62. The second-order valence-electron chi connectivity index (χ2n) is 9.50. The van der Waals surface area contributed by atoms with Crippen LogP contribution >= 0.6 is 0 Å². The van der Waals surface area contributed by atoms with Crippen molar-refractivity contribution in [1.29, 1.82) is 0 Å². The van der Waals surface area contributed by atoms with Gasteiger partial charge in [-0.15, -0.1) is 12.3 Å². The molecule has 1 unspecified atom stereocenters. The summed E-state index contributed by atoms with van der Waals surface area (Å²) < 4.78 is 0. The molecule has 0 radical (unpaired) electrons. The first-order chi connectivity index (χ1) is 10.9. The largest absolute Gasteiger partial charge is 0.393 e. The first kappa shape index (κ1) is 16.0. The monoisotopic (exact) mass is 316 g/mol. The fourth-order valence-electron chi connectivity index (χ4n) is 7.56. The molecule has 23 heavy (non-hydrogen) atoms. The minimum Gasteiger partial charge on any atom is -0.393 e. The van der Waals surface area contributed by atoms with Gasteiger partial charge in [-0.3, -0.25) is 0 Å². The van der Waals surface area contributed by atoms with Crippen LogP contribution in [0.2, 0.25) is 0 Å². The Morgan fingerprint density at radius 1 is 0.957 bits per heavy atom. The lowest BCUT2D eigenvalue weighted by Crippen LogP contribution is -2.57. The minimum absolute atomic E-state index is 0.101. The van der Waals surface area contributed by atoms with Crippen molar-refractivity contribution in [3.63, 3.8) is 0 Å². The highest BCUT2D eigenvalue weighted by Gasteiger charge is 2.62. The molecule has 2 nitrogen and oxygen atoms in total. The molecule has 0 aliphatic heterocycles. The van der Waals surface area contributed by atoms with Gasteiger partial charge in [0.05, 0.1) is 12.2 Å². The zero-order chi connectivity index (χ0) is 16.4. The third kappa shape index (κ3) is 2.02. The quantitative estimate of drug-likeness (QED) is 0.670. The van der Waals surface area contributed by atoms with Crippen molar-refractivity contribution >= 4 is 0 Å². The number of hydrogen-bond acceptors (Lipinski definition) is 2. The van der Waals surface area contributed by atoms with Gasteiger partial charge in [0.15, 0.2) is 0 Å². The van der Waals surface area contributed by atoms with Gasteiger partial charge in [-0.1, -0.05) is 13.8 Å². The van der Waals surface area contributed by atoms with Crippen molar-refractivity contribution in [2.24, 2.45) is 40.4 Å². The first-order valence-corrected chi connectivity index (χ1v) is 9.73. The van der Waals surface area contributed by atoms with E-state index in [4.69, 9.17) is 6.42 Å². The van der Waals surface area contributed by atoms with E-state index in [-0.39, 0.29) is 29.0 Å². The number of fused-ring (bicyclic) bond motifs is 5. The molecule has 4 saturated carbocycles. The first-order valence-electron chi connectivity index (χ1n) is 9.73. The highest BCUT2D eigenvalue weighted by Crippen LogP contribution is 2.67. The molecule has 4 fully saturated rings. The number of rotatable bonds is 0. The van der Waals surface area contributed by atoms with E-state index >= 15 is 0 Å². The van der Waals surface area contributed by atoms with Crippen molar-refractivity contribution < 1.29 is 10.2 Å². The maximum absolute atomic E-state index is 10.5. The van der Waals surface area contributed by atoms with E-state index < -0.39 is 0 Å². The second kappa shape index (κ2) is 5.24. The molecule has 0 saturated heterocycles. The van der Waals surface area contributed by atoms with E-state index in [9.17, 15) is 10.2 Å². The fraction of sp³-hybridized carbons (Fsp3) is 0.905. The predicted molar refractivity (Wildman–Crippen MR) is 91.4 cm³/mol. The molecule has 4 aliphatic carbocycles. The maximum Gasteiger partial charge on any atom is 0.0596 e. The van der Waals surface area contributed by atoms with Gasteiger partial charge < -0.3 is 10.2 Å². The molecule has 0 aromatic rings. The average molecular weight is 316 g/mol. The summed E-state index contributed by atoms with van der Waals surface area (Å²) in [5.74, 6) is 5.99. The van der Waals surface area contributed by atoms with Crippen LogP contribution in [0.1, 0.15) is 65.2 Å². The summed E-state index contributed by atoms with van der Waals surface area (Å²) in [4.78, 5) is 0. The molecule has 0 spiro atoms. The fourth-order valence-corrected chi connectivity index (χ4v) is 7.56. The molecule has 0 bridgehead atoms. The predicted octanol–water partition coefficient (Wildman–Crippen LogP) is 3.61. The van der Waals surface area contributed by atoms with Gasteiger partial charge in [-0.25, -0.2) is 0 Å². The summed E-state index contributed by atoms with van der Waals surface area (Å²) in [5.41, 5.74) is 0.343. The Labute approximate surface area is 141 Å². The highest BCUT2D eigenvalue weighted by molar-refractivity contribution is 5.15. The summed E-state index contributed by atoms with van der Waals surface area (Å²) in [6.45, 7) is 4.78. The molecule has 4 aliphatic rings. The number of aliphatic hydroxyl groups is 2. The summed E-state index contributed by atoms with van der Waals surface area (Å²) >= 11 is 0. The van der Waals surface area contributed by atoms with Crippen LogP contribution in [-0.2, 0) is 0 Å². The minimum atomic E-state index is -0.201. The smallest absolute Gasteiger partial charge is 0.0596 e. The van der Waals surface area contributed by atoms with Gasteiger partial charge >= 0.3 is 0 Å². The standard InChI is InChI=1S/C21H32O2/c1-4-13-11-15(22)12-14-5-6-16-17-7-8-19(23)20(17,2)10-9-18(16)21(13,14)3/h1,13-19,22-23H,5-12H2,2-3H3/t13?,14-,15+,16-,17-,18-,19-,20-,21-/m0/s1. The molecule has 4 rings (SSSR count). The third-order valence-electron chi connectivity index (χ3n) is 8.93. The van der Waals surface area contributed by atoms with Crippen LogP contribution in [-0.4, -0.2) is 22.4 Å². The maximum atomic E-state index is 10.5. The van der Waals surface area contributed by atoms with Crippen molar-refractivity contribution in [2.45, 2.75) is 77.4 Å². The summed E-state index contributed by atoms with van der Waals surface area (Å²) in [7, 11) is 0. The lowest BCUT2D eigenvalue weighted by molar-refractivity contribution is -0.149. The molecule has 0 amide bonds. The summed E-state index contributed by atoms with van der Waals surface area (Å²) in [5, 5.41) is 20.8. The Balaban J connectivity index is 1.68. The van der Waals surface area contributed by atoms with Gasteiger partial charge in [0.1, 0.15) is 0 Å². The number of terminal acetylenes is 1. The Kier molecular flexibility index (Phi) is 3.64. The van der Waals surface area contributed by atoms with Gasteiger partial charge in [0.2, 0.25) is 0 Å². The molecule has 0 heterocycles. The molecule has 0 aromatic heterocycles. The Morgan fingerprint density at radius 3 is 2.48 bits per heavy atom. The van der Waals surface area contributed by atoms with Crippen LogP contribution in [0.5, 0.6) is 0 Å². The van der Waals surface area contributed by atoms with Crippen molar-refractivity contribution in [2.75, 3.05) is 0 Å². The molecule has 2 N–H and O–H groups in total. The van der Waals surface area contributed by atoms with E-state index in [1.54, 1.807) is 0 Å². The zero-order valence-corrected chi connectivity index (χ0v) is 14.7. The van der Waals surface area contributed by atoms with E-state index in [2.05, 4.69) is 19.8 Å². The SMILES string of the molecule is C#CC1C[C@@H](O)C[C@@H]2CC[C@H]3[C@@H]4CC[C@H](O)[C@@]4(C)CC[C@@H]3[C@@]12C. The summed E-state index contributed by atoms with van der Waals surface area (Å²) in [6.07, 6.45) is 14.4. The van der Waals surface area contributed by atoms with E-state index in [1.807, 2.05) is 0 Å². The summed E-state index contributed by atoms with van der Waals surface area (Å²) in [6, 6.07) is 0. The molecular weight excluding hydrogens is 284 g/mol. The van der Waals surface area contributed by atoms with Crippen molar-refractivity contribution in [3.8, 4) is 12.3 Å². The molecule has 0 aromatic carbocycles. The third-order valence-corrected chi connectivity index (χ3v) is 8.93. The number of hydrogen-bond donors (Lipinski definition) is 2. The Hall–Kier alpha value is -0.520. The van der Waals surface area contributed by atoms with Crippen molar-refractivity contribution in [3.05, 3.63) is 0 Å². The normalized spacial score (nSPS) is 58.7. The van der Waals surface area contributed by atoms with Crippen LogP contribution in [0.4, 0.5) is 0 Å². The average Bonchev–Trinajstić information content (AvgIpc) is 2.83. The number of aliphatic hydroxyl groups excluding tert-OH is 2. The lowest BCUT2D eigenvalue weighted by atomic mass is 9.43. The van der Waals surface area contributed by atoms with Crippen LogP contribution in [0, 0.1) is 52.8 Å². The van der Waals surface area contributed by atoms with Crippen LogP contribution in [0.25, 0.3) is 0 Å². The molecule has 128 valence electrons. The molecule has 9 atom stereocenters.